The van der Waals surface area contributed by atoms with Crippen LogP contribution in [0.15, 0.2) is 48.5 Å². The first-order valence-corrected chi connectivity index (χ1v) is 9.12. The van der Waals surface area contributed by atoms with Gasteiger partial charge in [0.25, 0.3) is 0 Å². The van der Waals surface area contributed by atoms with Crippen molar-refractivity contribution in [1.29, 1.82) is 0 Å². The molecule has 0 saturated carbocycles. The molecule has 0 saturated heterocycles. The summed E-state index contributed by atoms with van der Waals surface area (Å²) in [5.41, 5.74) is 2.01. The van der Waals surface area contributed by atoms with E-state index in [0.717, 1.165) is 22.6 Å². The number of carbonyl (C=O) groups is 1. The lowest BCUT2D eigenvalue weighted by Gasteiger charge is -2.29. The smallest absolute Gasteiger partial charge is 0.223 e. The minimum Gasteiger partial charge on any atom is -0.496 e. The van der Waals surface area contributed by atoms with Crippen molar-refractivity contribution in [1.82, 2.24) is 4.90 Å². The monoisotopic (exact) mass is 371 g/mol. The number of rotatable bonds is 10. The van der Waals surface area contributed by atoms with Gasteiger partial charge in [0.1, 0.15) is 11.5 Å². The van der Waals surface area contributed by atoms with Crippen molar-refractivity contribution in [2.24, 2.45) is 0 Å². The van der Waals surface area contributed by atoms with Crippen LogP contribution < -0.4 is 9.47 Å². The van der Waals surface area contributed by atoms with Crippen LogP contribution in [0, 0.1) is 0 Å². The lowest BCUT2D eigenvalue weighted by molar-refractivity contribution is -0.135. The first-order chi connectivity index (χ1) is 13.1. The number of nitrogens with zero attached hydrogens (tertiary/aromatic N) is 1. The van der Waals surface area contributed by atoms with Crippen LogP contribution in [0.1, 0.15) is 24.5 Å². The molecule has 146 valence electrons. The lowest BCUT2D eigenvalue weighted by atomic mass is 10.1. The standard InChI is InChI=1S/C22H29NO4/c1-17(16-25-2)23(15-19-10-6-8-12-21(19)27-4)22(24)14-13-18-9-5-7-11-20(18)26-3/h5-12,17H,13-16H2,1-4H3/t17-/m1/s1. The topological polar surface area (TPSA) is 48.0 Å². The average molecular weight is 371 g/mol. The number of carbonyl (C=O) groups excluding carboxylic acids is 1. The highest BCUT2D eigenvalue weighted by Gasteiger charge is 2.22. The highest BCUT2D eigenvalue weighted by molar-refractivity contribution is 5.77. The SMILES string of the molecule is COC[C@@H](C)N(Cc1ccccc1OC)C(=O)CCc1ccccc1OC. The Morgan fingerprint density at radius 1 is 0.926 bits per heavy atom. The molecule has 5 nitrogen and oxygen atoms in total. The van der Waals surface area contributed by atoms with E-state index in [1.807, 2.05) is 60.4 Å². The van der Waals surface area contributed by atoms with Crippen LogP contribution in [0.3, 0.4) is 0 Å². The molecule has 0 aromatic heterocycles. The molecule has 0 aliphatic rings. The third-order valence-electron chi connectivity index (χ3n) is 4.59. The van der Waals surface area contributed by atoms with E-state index in [-0.39, 0.29) is 11.9 Å². The Hall–Kier alpha value is -2.53. The third kappa shape index (κ3) is 5.73. The molecule has 0 bridgehead atoms. The second-order valence-corrected chi connectivity index (χ2v) is 6.45. The first-order valence-electron chi connectivity index (χ1n) is 9.12. The van der Waals surface area contributed by atoms with Gasteiger partial charge >= 0.3 is 0 Å². The van der Waals surface area contributed by atoms with Gasteiger partial charge in [0.15, 0.2) is 0 Å². The Bertz CT molecular complexity index is 732. The normalized spacial score (nSPS) is 11.7. The van der Waals surface area contributed by atoms with Crippen LogP contribution in [-0.4, -0.2) is 44.8 Å². The number of para-hydroxylation sites is 2. The van der Waals surface area contributed by atoms with Gasteiger partial charge in [0.2, 0.25) is 5.91 Å². The van der Waals surface area contributed by atoms with Crippen molar-refractivity contribution in [2.45, 2.75) is 32.4 Å². The number of hydrogen-bond donors (Lipinski definition) is 0. The van der Waals surface area contributed by atoms with Crippen LogP contribution in [-0.2, 0) is 22.5 Å². The fourth-order valence-corrected chi connectivity index (χ4v) is 3.13. The maximum Gasteiger partial charge on any atom is 0.223 e. The van der Waals surface area contributed by atoms with E-state index in [1.54, 1.807) is 21.3 Å². The number of amides is 1. The Morgan fingerprint density at radius 2 is 1.48 bits per heavy atom. The van der Waals surface area contributed by atoms with E-state index >= 15 is 0 Å². The van der Waals surface area contributed by atoms with Gasteiger partial charge in [-0.3, -0.25) is 4.79 Å². The summed E-state index contributed by atoms with van der Waals surface area (Å²) in [5, 5.41) is 0. The zero-order chi connectivity index (χ0) is 19.6. The summed E-state index contributed by atoms with van der Waals surface area (Å²) in [4.78, 5) is 14.9. The average Bonchev–Trinajstić information content (AvgIpc) is 2.70. The van der Waals surface area contributed by atoms with Crippen molar-refractivity contribution in [3.05, 3.63) is 59.7 Å². The molecule has 0 aliphatic heterocycles. The molecule has 2 aromatic rings. The van der Waals surface area contributed by atoms with E-state index in [0.29, 0.717) is 26.0 Å². The fraction of sp³-hybridized carbons (Fsp3) is 0.409. The molecule has 0 heterocycles. The summed E-state index contributed by atoms with van der Waals surface area (Å²) in [6.45, 7) is 2.97. The van der Waals surface area contributed by atoms with Crippen molar-refractivity contribution < 1.29 is 19.0 Å². The van der Waals surface area contributed by atoms with Gasteiger partial charge in [-0.15, -0.1) is 0 Å². The number of ether oxygens (including phenoxy) is 3. The number of aryl methyl sites for hydroxylation is 1. The Kier molecular flexibility index (Phi) is 8.14. The van der Waals surface area contributed by atoms with Gasteiger partial charge in [-0.2, -0.15) is 0 Å². The molecule has 27 heavy (non-hydrogen) atoms. The zero-order valence-corrected chi connectivity index (χ0v) is 16.6. The van der Waals surface area contributed by atoms with Crippen molar-refractivity contribution >= 4 is 5.91 Å². The Morgan fingerprint density at radius 3 is 2.07 bits per heavy atom. The molecular formula is C22H29NO4. The van der Waals surface area contributed by atoms with Crippen molar-refractivity contribution in [2.75, 3.05) is 27.9 Å². The third-order valence-corrected chi connectivity index (χ3v) is 4.59. The van der Waals surface area contributed by atoms with Crippen LogP contribution >= 0.6 is 0 Å². The second-order valence-electron chi connectivity index (χ2n) is 6.45. The molecule has 2 rings (SSSR count). The van der Waals surface area contributed by atoms with E-state index in [4.69, 9.17) is 14.2 Å². The first kappa shape index (κ1) is 20.8. The summed E-state index contributed by atoms with van der Waals surface area (Å²) in [6.07, 6.45) is 1.04. The van der Waals surface area contributed by atoms with Crippen LogP contribution in [0.5, 0.6) is 11.5 Å². The predicted octanol–water partition coefficient (Wildman–Crippen LogP) is 3.70. The van der Waals surface area contributed by atoms with E-state index in [9.17, 15) is 4.79 Å². The number of methoxy groups -OCH3 is 3. The molecule has 0 N–H and O–H groups in total. The summed E-state index contributed by atoms with van der Waals surface area (Å²) in [5.74, 6) is 1.67. The van der Waals surface area contributed by atoms with Gasteiger partial charge < -0.3 is 19.1 Å². The van der Waals surface area contributed by atoms with Gasteiger partial charge in [0.05, 0.1) is 26.9 Å². The Balaban J connectivity index is 2.14. The summed E-state index contributed by atoms with van der Waals surface area (Å²) >= 11 is 0. The molecule has 0 unspecified atom stereocenters. The van der Waals surface area contributed by atoms with Gasteiger partial charge in [-0.25, -0.2) is 0 Å². The quantitative estimate of drug-likeness (QED) is 0.639. The summed E-state index contributed by atoms with van der Waals surface area (Å²) in [7, 11) is 4.94. The van der Waals surface area contributed by atoms with Gasteiger partial charge in [-0.05, 0) is 31.0 Å². The van der Waals surface area contributed by atoms with E-state index in [2.05, 4.69) is 0 Å². The largest absolute Gasteiger partial charge is 0.496 e. The summed E-state index contributed by atoms with van der Waals surface area (Å²) < 4.78 is 16.1. The molecule has 0 aliphatic carbocycles. The molecule has 5 heteroatoms. The van der Waals surface area contributed by atoms with Crippen LogP contribution in [0.25, 0.3) is 0 Å². The maximum absolute atomic E-state index is 13.0. The van der Waals surface area contributed by atoms with Gasteiger partial charge in [-0.1, -0.05) is 36.4 Å². The zero-order valence-electron chi connectivity index (χ0n) is 16.6. The van der Waals surface area contributed by atoms with Crippen LogP contribution in [0.4, 0.5) is 0 Å². The van der Waals surface area contributed by atoms with Gasteiger partial charge in [0, 0.05) is 25.6 Å². The Labute approximate surface area is 161 Å². The molecule has 2 aromatic carbocycles. The minimum absolute atomic E-state index is 0.0370. The van der Waals surface area contributed by atoms with Crippen molar-refractivity contribution in [3.8, 4) is 11.5 Å². The lowest BCUT2D eigenvalue weighted by Crippen LogP contribution is -2.40. The number of hydrogen-bond acceptors (Lipinski definition) is 4. The molecule has 0 radical (unpaired) electrons. The van der Waals surface area contributed by atoms with E-state index < -0.39 is 0 Å². The number of benzene rings is 2. The van der Waals surface area contributed by atoms with E-state index in [1.165, 1.54) is 0 Å². The summed E-state index contributed by atoms with van der Waals surface area (Å²) in [6, 6.07) is 15.5. The highest BCUT2D eigenvalue weighted by Crippen LogP contribution is 2.23. The minimum atomic E-state index is -0.0370. The fourth-order valence-electron chi connectivity index (χ4n) is 3.13. The predicted molar refractivity (Wildman–Crippen MR) is 106 cm³/mol. The molecule has 0 spiro atoms. The maximum atomic E-state index is 13.0. The second kappa shape index (κ2) is 10.6. The molecule has 1 amide bonds. The molecule has 1 atom stereocenters. The van der Waals surface area contributed by atoms with Crippen LogP contribution in [0.2, 0.25) is 0 Å². The highest BCUT2D eigenvalue weighted by atomic mass is 16.5. The molecular weight excluding hydrogens is 342 g/mol. The molecule has 0 fully saturated rings. The van der Waals surface area contributed by atoms with Crippen molar-refractivity contribution in [3.63, 3.8) is 0 Å².